The van der Waals surface area contributed by atoms with Crippen LogP contribution in [0.1, 0.15) is 11.3 Å². The van der Waals surface area contributed by atoms with Gasteiger partial charge in [0.05, 0.1) is 11.3 Å². The maximum Gasteiger partial charge on any atom is 0.213 e. The molecule has 0 unspecified atom stereocenters. The van der Waals surface area contributed by atoms with Crippen molar-refractivity contribution in [3.63, 3.8) is 0 Å². The summed E-state index contributed by atoms with van der Waals surface area (Å²) in [7, 11) is 0. The molecule has 6 nitrogen and oxygen atoms in total. The van der Waals surface area contributed by atoms with Gasteiger partial charge in [-0.15, -0.1) is 0 Å². The lowest BCUT2D eigenvalue weighted by Crippen LogP contribution is -1.99. The van der Waals surface area contributed by atoms with Crippen LogP contribution in [-0.2, 0) is 6.61 Å². The molecule has 3 aromatic heterocycles. The zero-order valence-corrected chi connectivity index (χ0v) is 10.9. The van der Waals surface area contributed by atoms with Crippen molar-refractivity contribution < 1.29 is 9.26 Å². The topological polar surface area (TPSA) is 73.9 Å². The Balaban J connectivity index is 1.85. The first-order valence-electron chi connectivity index (χ1n) is 6.10. The van der Waals surface area contributed by atoms with Crippen LogP contribution in [0.5, 0.6) is 5.88 Å². The molecule has 3 aromatic rings. The molecule has 100 valence electrons. The van der Waals surface area contributed by atoms with E-state index in [1.165, 1.54) is 6.33 Å². The van der Waals surface area contributed by atoms with E-state index >= 15 is 0 Å². The minimum absolute atomic E-state index is 0.325. The van der Waals surface area contributed by atoms with Gasteiger partial charge < -0.3 is 9.26 Å². The van der Waals surface area contributed by atoms with Crippen LogP contribution >= 0.6 is 0 Å². The fraction of sp³-hybridized carbons (Fsp3) is 0.143. The summed E-state index contributed by atoms with van der Waals surface area (Å²) in [6.07, 6.45) is 4.82. The number of hydrogen-bond acceptors (Lipinski definition) is 6. The van der Waals surface area contributed by atoms with Crippen LogP contribution in [-0.4, -0.2) is 20.1 Å². The molecule has 3 rings (SSSR count). The number of rotatable bonds is 4. The average molecular weight is 268 g/mol. The molecule has 6 heteroatoms. The number of pyridine rings is 1. The van der Waals surface area contributed by atoms with E-state index in [4.69, 9.17) is 9.26 Å². The molecule has 0 atom stereocenters. The summed E-state index contributed by atoms with van der Waals surface area (Å²) in [6, 6.07) is 7.28. The summed E-state index contributed by atoms with van der Waals surface area (Å²) in [5, 5.41) is 4.03. The lowest BCUT2D eigenvalue weighted by Gasteiger charge is -2.05. The van der Waals surface area contributed by atoms with E-state index < -0.39 is 0 Å². The van der Waals surface area contributed by atoms with Gasteiger partial charge in [0.15, 0.2) is 0 Å². The third-order valence-corrected chi connectivity index (χ3v) is 2.81. The van der Waals surface area contributed by atoms with E-state index in [1.807, 2.05) is 19.1 Å². The second kappa shape index (κ2) is 5.48. The molecule has 0 bridgehead atoms. The van der Waals surface area contributed by atoms with Crippen LogP contribution in [0.15, 0.2) is 47.5 Å². The molecule has 0 saturated carbocycles. The van der Waals surface area contributed by atoms with Crippen molar-refractivity contribution in [2.45, 2.75) is 13.5 Å². The Labute approximate surface area is 115 Å². The standard InChI is InChI=1S/C14H12N4O2/c1-10-11(8-19-13-4-2-3-6-16-13)14(18-20-10)12-5-7-15-9-17-12/h2-7,9H,8H2,1H3. The Morgan fingerprint density at radius 3 is 2.85 bits per heavy atom. The lowest BCUT2D eigenvalue weighted by atomic mass is 10.1. The number of hydrogen-bond donors (Lipinski definition) is 0. The molecule has 0 amide bonds. The van der Waals surface area contributed by atoms with E-state index in [2.05, 4.69) is 20.1 Å². The molecule has 0 aliphatic heterocycles. The van der Waals surface area contributed by atoms with Gasteiger partial charge in [-0.1, -0.05) is 11.2 Å². The third-order valence-electron chi connectivity index (χ3n) is 2.81. The van der Waals surface area contributed by atoms with Crippen LogP contribution < -0.4 is 4.74 Å². The molecule has 0 spiro atoms. The van der Waals surface area contributed by atoms with Gasteiger partial charge in [-0.05, 0) is 19.1 Å². The van der Waals surface area contributed by atoms with Gasteiger partial charge in [0, 0.05) is 18.5 Å². The summed E-state index contributed by atoms with van der Waals surface area (Å²) in [4.78, 5) is 12.2. The maximum atomic E-state index is 5.64. The van der Waals surface area contributed by atoms with Crippen molar-refractivity contribution >= 4 is 0 Å². The van der Waals surface area contributed by atoms with E-state index in [1.54, 1.807) is 24.5 Å². The van der Waals surface area contributed by atoms with E-state index in [9.17, 15) is 0 Å². The van der Waals surface area contributed by atoms with Crippen molar-refractivity contribution in [3.05, 3.63) is 54.3 Å². The second-order valence-electron chi connectivity index (χ2n) is 4.12. The molecule has 0 aromatic carbocycles. The van der Waals surface area contributed by atoms with Crippen LogP contribution in [0, 0.1) is 6.92 Å². The highest BCUT2D eigenvalue weighted by Gasteiger charge is 2.16. The Morgan fingerprint density at radius 1 is 1.15 bits per heavy atom. The number of aromatic nitrogens is 4. The van der Waals surface area contributed by atoms with Crippen LogP contribution in [0.4, 0.5) is 0 Å². The van der Waals surface area contributed by atoms with Crippen molar-refractivity contribution in [1.29, 1.82) is 0 Å². The fourth-order valence-corrected chi connectivity index (χ4v) is 1.77. The summed E-state index contributed by atoms with van der Waals surface area (Å²) < 4.78 is 10.9. The lowest BCUT2D eigenvalue weighted by molar-refractivity contribution is 0.290. The fourth-order valence-electron chi connectivity index (χ4n) is 1.77. The van der Waals surface area contributed by atoms with Gasteiger partial charge in [-0.2, -0.15) is 0 Å². The molecule has 0 fully saturated rings. The van der Waals surface area contributed by atoms with Gasteiger partial charge in [-0.3, -0.25) is 0 Å². The minimum atomic E-state index is 0.325. The first kappa shape index (κ1) is 12.3. The normalized spacial score (nSPS) is 10.4. The maximum absolute atomic E-state index is 5.64. The molecule has 0 radical (unpaired) electrons. The molecule has 3 heterocycles. The highest BCUT2D eigenvalue weighted by Crippen LogP contribution is 2.24. The first-order chi connectivity index (χ1) is 9.84. The zero-order valence-electron chi connectivity index (χ0n) is 10.9. The van der Waals surface area contributed by atoms with E-state index in [0.29, 0.717) is 29.6 Å². The quantitative estimate of drug-likeness (QED) is 0.723. The number of nitrogens with zero attached hydrogens (tertiary/aromatic N) is 4. The number of aryl methyl sites for hydroxylation is 1. The van der Waals surface area contributed by atoms with Crippen molar-refractivity contribution in [2.24, 2.45) is 0 Å². The van der Waals surface area contributed by atoms with Crippen molar-refractivity contribution in [1.82, 2.24) is 20.1 Å². The van der Waals surface area contributed by atoms with Crippen molar-refractivity contribution in [3.8, 4) is 17.3 Å². The predicted octanol–water partition coefficient (Wildman–Crippen LogP) is 2.41. The molecule has 20 heavy (non-hydrogen) atoms. The summed E-state index contributed by atoms with van der Waals surface area (Å²) in [5.74, 6) is 1.26. The molecule has 0 aliphatic rings. The minimum Gasteiger partial charge on any atom is -0.473 e. The summed E-state index contributed by atoms with van der Waals surface area (Å²) >= 11 is 0. The van der Waals surface area contributed by atoms with Crippen LogP contribution in [0.3, 0.4) is 0 Å². The van der Waals surface area contributed by atoms with Crippen molar-refractivity contribution in [2.75, 3.05) is 0 Å². The molecular weight excluding hydrogens is 256 g/mol. The zero-order chi connectivity index (χ0) is 13.8. The Bertz CT molecular complexity index is 683. The molecule has 0 aliphatic carbocycles. The smallest absolute Gasteiger partial charge is 0.213 e. The van der Waals surface area contributed by atoms with E-state index in [0.717, 1.165) is 5.56 Å². The molecule has 0 saturated heterocycles. The molecular formula is C14H12N4O2. The van der Waals surface area contributed by atoms with E-state index in [-0.39, 0.29) is 0 Å². The van der Waals surface area contributed by atoms with Gasteiger partial charge in [0.25, 0.3) is 0 Å². The highest BCUT2D eigenvalue weighted by atomic mass is 16.5. The van der Waals surface area contributed by atoms with Gasteiger partial charge >= 0.3 is 0 Å². The predicted molar refractivity (Wildman–Crippen MR) is 70.8 cm³/mol. The monoisotopic (exact) mass is 268 g/mol. The summed E-state index contributed by atoms with van der Waals surface area (Å²) in [6.45, 7) is 2.17. The van der Waals surface area contributed by atoms with Gasteiger partial charge in [0.1, 0.15) is 24.4 Å². The first-order valence-corrected chi connectivity index (χ1v) is 6.10. The average Bonchev–Trinajstić information content (AvgIpc) is 2.88. The largest absolute Gasteiger partial charge is 0.473 e. The highest BCUT2D eigenvalue weighted by molar-refractivity contribution is 5.58. The van der Waals surface area contributed by atoms with Gasteiger partial charge in [-0.25, -0.2) is 15.0 Å². The third kappa shape index (κ3) is 2.49. The Hall–Kier alpha value is -2.76. The molecule has 0 N–H and O–H groups in total. The SMILES string of the molecule is Cc1onc(-c2ccncn2)c1COc1ccccn1. The van der Waals surface area contributed by atoms with Crippen LogP contribution in [0.2, 0.25) is 0 Å². The summed E-state index contributed by atoms with van der Waals surface area (Å²) in [5.41, 5.74) is 2.23. The second-order valence-corrected chi connectivity index (χ2v) is 4.12. The Kier molecular flexibility index (Phi) is 3.36. The Morgan fingerprint density at radius 2 is 2.10 bits per heavy atom. The van der Waals surface area contributed by atoms with Crippen LogP contribution in [0.25, 0.3) is 11.4 Å². The van der Waals surface area contributed by atoms with Gasteiger partial charge in [0.2, 0.25) is 5.88 Å². The number of ether oxygens (including phenoxy) is 1.